The molecule has 0 atom stereocenters. The summed E-state index contributed by atoms with van der Waals surface area (Å²) >= 11 is 0. The minimum Gasteiger partial charge on any atom is -0.368 e. The van der Waals surface area contributed by atoms with Crippen molar-refractivity contribution in [2.24, 2.45) is 5.73 Å². The van der Waals surface area contributed by atoms with Gasteiger partial charge < -0.3 is 10.6 Å². The van der Waals surface area contributed by atoms with E-state index in [1.807, 2.05) is 13.0 Å². The van der Waals surface area contributed by atoms with Crippen molar-refractivity contribution >= 4 is 17.9 Å². The van der Waals surface area contributed by atoms with Crippen LogP contribution in [0.5, 0.6) is 0 Å². The highest BCUT2D eigenvalue weighted by molar-refractivity contribution is 5.94. The molecule has 0 unspecified atom stereocenters. The third-order valence-electron chi connectivity index (χ3n) is 2.90. The average Bonchev–Trinajstić information content (AvgIpc) is 2.49. The van der Waals surface area contributed by atoms with Gasteiger partial charge in [0.05, 0.1) is 18.2 Å². The van der Waals surface area contributed by atoms with Gasteiger partial charge in [0.2, 0.25) is 11.8 Å². The Morgan fingerprint density at radius 1 is 1.33 bits per heavy atom. The molecule has 5 nitrogen and oxygen atoms in total. The zero-order valence-corrected chi connectivity index (χ0v) is 12.1. The van der Waals surface area contributed by atoms with Crippen molar-refractivity contribution in [3.05, 3.63) is 41.5 Å². The molecule has 0 heterocycles. The largest absolute Gasteiger partial charge is 0.368 e. The predicted octanol–water partition coefficient (Wildman–Crippen LogP) is 1.69. The van der Waals surface area contributed by atoms with Crippen molar-refractivity contribution in [3.63, 3.8) is 0 Å². The van der Waals surface area contributed by atoms with Crippen LogP contribution >= 0.6 is 0 Å². The number of amides is 2. The number of hydrogen-bond acceptors (Lipinski definition) is 3. The van der Waals surface area contributed by atoms with Gasteiger partial charge in [-0.1, -0.05) is 25.5 Å². The number of primary amides is 1. The van der Waals surface area contributed by atoms with E-state index < -0.39 is 5.91 Å². The Morgan fingerprint density at radius 2 is 2.00 bits per heavy atom. The van der Waals surface area contributed by atoms with Crippen molar-refractivity contribution in [1.82, 2.24) is 4.90 Å². The first kappa shape index (κ1) is 16.4. The van der Waals surface area contributed by atoms with Crippen LogP contribution in [-0.4, -0.2) is 29.8 Å². The fraction of sp³-hybridized carbons (Fsp3) is 0.312. The molecule has 1 aromatic carbocycles. The molecular weight excluding hydrogens is 266 g/mol. The monoisotopic (exact) mass is 285 g/mol. The molecule has 1 aromatic rings. The molecule has 0 aromatic heterocycles. The lowest BCUT2D eigenvalue weighted by Gasteiger charge is -2.18. The second-order valence-corrected chi connectivity index (χ2v) is 4.65. The van der Waals surface area contributed by atoms with Crippen LogP contribution in [0, 0.1) is 11.3 Å². The normalized spacial score (nSPS) is 10.3. The first-order chi connectivity index (χ1) is 10.1. The smallest absolute Gasteiger partial charge is 0.247 e. The highest BCUT2D eigenvalue weighted by atomic mass is 16.2. The summed E-state index contributed by atoms with van der Waals surface area (Å²) in [7, 11) is 0. The zero-order valence-electron chi connectivity index (χ0n) is 12.1. The molecule has 21 heavy (non-hydrogen) atoms. The summed E-state index contributed by atoms with van der Waals surface area (Å²) in [6.45, 7) is 2.45. The number of rotatable bonds is 7. The Balaban J connectivity index is 2.71. The van der Waals surface area contributed by atoms with E-state index in [1.165, 1.54) is 11.0 Å². The number of benzene rings is 1. The van der Waals surface area contributed by atoms with E-state index in [4.69, 9.17) is 11.0 Å². The molecule has 0 radical (unpaired) electrons. The maximum Gasteiger partial charge on any atom is 0.247 e. The number of nitriles is 1. The SMILES string of the molecule is CCCCN(CC(N)=O)C(=O)/C=C/c1ccc(C#N)cc1. The number of nitrogens with zero attached hydrogens (tertiary/aromatic N) is 2. The first-order valence-corrected chi connectivity index (χ1v) is 6.82. The van der Waals surface area contributed by atoms with Gasteiger partial charge in [-0.05, 0) is 30.2 Å². The van der Waals surface area contributed by atoms with Crippen LogP contribution in [0.1, 0.15) is 30.9 Å². The Kier molecular flexibility index (Phi) is 6.69. The van der Waals surface area contributed by atoms with Crippen LogP contribution < -0.4 is 5.73 Å². The standard InChI is InChI=1S/C16H19N3O2/c1-2-3-10-19(12-15(18)20)16(21)9-8-13-4-6-14(11-17)7-5-13/h4-9H,2-3,10,12H2,1H3,(H2,18,20)/b9-8+. The Hall–Kier alpha value is -2.61. The topological polar surface area (TPSA) is 87.2 Å². The molecule has 1 rings (SSSR count). The molecule has 0 fully saturated rings. The van der Waals surface area contributed by atoms with Gasteiger partial charge in [0, 0.05) is 12.6 Å². The summed E-state index contributed by atoms with van der Waals surface area (Å²) in [5.41, 5.74) is 6.54. The van der Waals surface area contributed by atoms with Crippen LogP contribution in [0.25, 0.3) is 6.08 Å². The highest BCUT2D eigenvalue weighted by Gasteiger charge is 2.12. The molecule has 0 saturated heterocycles. The molecule has 0 saturated carbocycles. The van der Waals surface area contributed by atoms with Gasteiger partial charge in [0.25, 0.3) is 0 Å². The lowest BCUT2D eigenvalue weighted by atomic mass is 10.1. The predicted molar refractivity (Wildman–Crippen MR) is 80.9 cm³/mol. The summed E-state index contributed by atoms with van der Waals surface area (Å²) in [6.07, 6.45) is 4.83. The van der Waals surface area contributed by atoms with Crippen LogP contribution in [0.4, 0.5) is 0 Å². The number of unbranched alkanes of at least 4 members (excludes halogenated alkanes) is 1. The molecule has 2 amide bonds. The minimum atomic E-state index is -0.522. The molecule has 0 aliphatic heterocycles. The van der Waals surface area contributed by atoms with Gasteiger partial charge in [-0.3, -0.25) is 9.59 Å². The molecule has 0 spiro atoms. The van der Waals surface area contributed by atoms with Crippen molar-refractivity contribution in [1.29, 1.82) is 5.26 Å². The summed E-state index contributed by atoms with van der Waals surface area (Å²) in [5.74, 6) is -0.766. The second kappa shape index (κ2) is 8.54. The van der Waals surface area contributed by atoms with Crippen LogP contribution in [0.2, 0.25) is 0 Å². The van der Waals surface area contributed by atoms with Gasteiger partial charge in [-0.15, -0.1) is 0 Å². The van der Waals surface area contributed by atoms with E-state index in [-0.39, 0.29) is 12.5 Å². The maximum atomic E-state index is 12.1. The van der Waals surface area contributed by atoms with E-state index >= 15 is 0 Å². The van der Waals surface area contributed by atoms with Crippen molar-refractivity contribution in [3.8, 4) is 6.07 Å². The van der Waals surface area contributed by atoms with E-state index in [0.29, 0.717) is 12.1 Å². The van der Waals surface area contributed by atoms with E-state index in [2.05, 4.69) is 0 Å². The summed E-state index contributed by atoms with van der Waals surface area (Å²) in [4.78, 5) is 24.5. The molecule has 0 bridgehead atoms. The van der Waals surface area contributed by atoms with Gasteiger partial charge in [-0.25, -0.2) is 0 Å². The van der Waals surface area contributed by atoms with Crippen LogP contribution in [0.3, 0.4) is 0 Å². The maximum absolute atomic E-state index is 12.1. The minimum absolute atomic E-state index is 0.0729. The van der Waals surface area contributed by atoms with E-state index in [0.717, 1.165) is 18.4 Å². The fourth-order valence-corrected chi connectivity index (χ4v) is 1.75. The van der Waals surface area contributed by atoms with E-state index in [9.17, 15) is 9.59 Å². The third-order valence-corrected chi connectivity index (χ3v) is 2.90. The Labute approximate surface area is 124 Å². The number of nitrogens with two attached hydrogens (primary N) is 1. The lowest BCUT2D eigenvalue weighted by Crippen LogP contribution is -2.38. The molecule has 5 heteroatoms. The van der Waals surface area contributed by atoms with Gasteiger partial charge in [-0.2, -0.15) is 5.26 Å². The molecule has 0 aliphatic carbocycles. The molecule has 110 valence electrons. The number of carbonyl (C=O) groups is 2. The first-order valence-electron chi connectivity index (χ1n) is 6.82. The van der Waals surface area contributed by atoms with Crippen LogP contribution in [-0.2, 0) is 9.59 Å². The molecular formula is C16H19N3O2. The Morgan fingerprint density at radius 3 is 2.52 bits per heavy atom. The van der Waals surface area contributed by atoms with Gasteiger partial charge in [0.15, 0.2) is 0 Å². The summed E-state index contributed by atoms with van der Waals surface area (Å²) in [5, 5.41) is 8.71. The summed E-state index contributed by atoms with van der Waals surface area (Å²) in [6, 6.07) is 8.91. The van der Waals surface area contributed by atoms with Gasteiger partial charge >= 0.3 is 0 Å². The van der Waals surface area contributed by atoms with Crippen molar-refractivity contribution < 1.29 is 9.59 Å². The second-order valence-electron chi connectivity index (χ2n) is 4.65. The molecule has 0 aliphatic rings. The summed E-state index contributed by atoms with van der Waals surface area (Å²) < 4.78 is 0. The quantitative estimate of drug-likeness (QED) is 0.773. The highest BCUT2D eigenvalue weighted by Crippen LogP contribution is 2.06. The fourth-order valence-electron chi connectivity index (χ4n) is 1.75. The van der Waals surface area contributed by atoms with E-state index in [1.54, 1.807) is 30.3 Å². The third kappa shape index (κ3) is 5.91. The van der Waals surface area contributed by atoms with Crippen molar-refractivity contribution in [2.45, 2.75) is 19.8 Å². The average molecular weight is 285 g/mol. The number of hydrogen-bond donors (Lipinski definition) is 1. The van der Waals surface area contributed by atoms with Gasteiger partial charge in [0.1, 0.15) is 0 Å². The number of carbonyl (C=O) groups excluding carboxylic acids is 2. The van der Waals surface area contributed by atoms with Crippen LogP contribution in [0.15, 0.2) is 30.3 Å². The van der Waals surface area contributed by atoms with Crippen molar-refractivity contribution in [2.75, 3.05) is 13.1 Å². The Bertz CT molecular complexity index is 556. The lowest BCUT2D eigenvalue weighted by molar-refractivity contribution is -0.131. The zero-order chi connectivity index (χ0) is 15.7. The molecule has 2 N–H and O–H groups in total.